The van der Waals surface area contributed by atoms with Crippen molar-refractivity contribution in [1.82, 2.24) is 0 Å². The van der Waals surface area contributed by atoms with Crippen molar-refractivity contribution in [3.05, 3.63) is 206 Å². The lowest BCUT2D eigenvalue weighted by atomic mass is 9.90. The second kappa shape index (κ2) is 13.2. The minimum atomic E-state index is 0.186. The van der Waals surface area contributed by atoms with Gasteiger partial charge >= 0.3 is 0 Å². The molecular weight excluding hydrogens is 631 g/mol. The minimum Gasteiger partial charge on any atom is -0.456 e. The summed E-state index contributed by atoms with van der Waals surface area (Å²) in [5, 5.41) is 7.11. The predicted octanol–water partition coefficient (Wildman–Crippen LogP) is 14.1. The third-order valence-electron chi connectivity index (χ3n) is 10.3. The zero-order valence-electron chi connectivity index (χ0n) is 28.9. The van der Waals surface area contributed by atoms with Crippen LogP contribution in [0.2, 0.25) is 0 Å². The van der Waals surface area contributed by atoms with Crippen LogP contribution in [0.3, 0.4) is 0 Å². The summed E-state index contributed by atoms with van der Waals surface area (Å²) >= 11 is 0. The molecule has 1 aliphatic rings. The van der Waals surface area contributed by atoms with E-state index in [1.807, 2.05) is 12.2 Å². The van der Waals surface area contributed by atoms with Gasteiger partial charge in [-0.15, -0.1) is 0 Å². The first-order valence-corrected chi connectivity index (χ1v) is 17.8. The molecule has 0 radical (unpaired) electrons. The molecule has 0 fully saturated rings. The summed E-state index contributed by atoms with van der Waals surface area (Å²) in [6.45, 7) is 8.08. The topological polar surface area (TPSA) is 16.4 Å². The maximum atomic E-state index is 6.38. The van der Waals surface area contributed by atoms with Gasteiger partial charge in [-0.25, -0.2) is 0 Å². The molecule has 0 saturated heterocycles. The van der Waals surface area contributed by atoms with Crippen molar-refractivity contribution < 1.29 is 4.42 Å². The van der Waals surface area contributed by atoms with Gasteiger partial charge in [0.2, 0.25) is 0 Å². The Labute approximate surface area is 304 Å². The number of fused-ring (bicyclic) bond motifs is 5. The number of furan rings is 1. The van der Waals surface area contributed by atoms with Crippen LogP contribution in [0.25, 0.3) is 65.7 Å². The number of rotatable bonds is 8. The highest BCUT2D eigenvalue weighted by atomic mass is 16.3. The van der Waals surface area contributed by atoms with Gasteiger partial charge in [0.15, 0.2) is 0 Å². The van der Waals surface area contributed by atoms with Gasteiger partial charge in [0.05, 0.1) is 5.69 Å². The highest BCUT2D eigenvalue weighted by Gasteiger charge is 2.22. The van der Waals surface area contributed by atoms with E-state index in [2.05, 4.69) is 188 Å². The molecule has 1 aliphatic carbocycles. The molecule has 1 aromatic heterocycles. The molecule has 1 heterocycles. The summed E-state index contributed by atoms with van der Waals surface area (Å²) in [6, 6.07) is 52.3. The van der Waals surface area contributed by atoms with E-state index >= 15 is 0 Å². The molecule has 0 saturated carbocycles. The minimum absolute atomic E-state index is 0.186. The molecule has 52 heavy (non-hydrogen) atoms. The molecule has 0 aliphatic heterocycles. The van der Waals surface area contributed by atoms with Gasteiger partial charge in [-0.2, -0.15) is 0 Å². The van der Waals surface area contributed by atoms with Crippen LogP contribution >= 0.6 is 0 Å². The van der Waals surface area contributed by atoms with Gasteiger partial charge in [-0.05, 0) is 105 Å². The van der Waals surface area contributed by atoms with Crippen molar-refractivity contribution in [2.75, 3.05) is 4.90 Å². The van der Waals surface area contributed by atoms with Gasteiger partial charge in [0.1, 0.15) is 11.2 Å². The lowest BCUT2D eigenvalue weighted by molar-refractivity contribution is 0.669. The van der Waals surface area contributed by atoms with Crippen LogP contribution in [0.5, 0.6) is 0 Å². The third kappa shape index (κ3) is 5.65. The van der Waals surface area contributed by atoms with E-state index in [-0.39, 0.29) is 5.92 Å². The Morgan fingerprint density at radius 2 is 1.29 bits per heavy atom. The summed E-state index contributed by atoms with van der Waals surface area (Å²) in [5.74, 6) is 0.186. The Morgan fingerprint density at radius 1 is 0.615 bits per heavy atom. The van der Waals surface area contributed by atoms with Crippen LogP contribution in [0.4, 0.5) is 11.4 Å². The van der Waals surface area contributed by atoms with E-state index in [0.717, 1.165) is 62.1 Å². The maximum absolute atomic E-state index is 6.38. The predicted molar refractivity (Wildman–Crippen MR) is 222 cm³/mol. The normalized spacial score (nSPS) is 14.6. The number of allylic oxidation sites excluding steroid dienone is 7. The monoisotopic (exact) mass is 667 g/mol. The Balaban J connectivity index is 1.19. The molecule has 9 rings (SSSR count). The molecule has 0 N–H and O–H groups in total. The number of para-hydroxylation sites is 1. The second-order valence-corrected chi connectivity index (χ2v) is 13.4. The van der Waals surface area contributed by atoms with Crippen molar-refractivity contribution in [3.8, 4) is 22.3 Å². The SMILES string of the molecule is C=C/C=C(\C=C)C1C=C(N(c2ccc(-c3ccc4ccccc4c3)cc2)c2ccccc2-c2ccc3oc4cc5ccccc5cc4c3c2)C=CC1. The average molecular weight is 668 g/mol. The summed E-state index contributed by atoms with van der Waals surface area (Å²) < 4.78 is 6.38. The fourth-order valence-electron chi connectivity index (χ4n) is 7.67. The molecule has 0 bridgehead atoms. The molecular formula is C50H37NO. The van der Waals surface area contributed by atoms with E-state index in [9.17, 15) is 0 Å². The lowest BCUT2D eigenvalue weighted by Gasteiger charge is -2.31. The third-order valence-corrected chi connectivity index (χ3v) is 10.3. The molecule has 2 nitrogen and oxygen atoms in total. The van der Waals surface area contributed by atoms with E-state index in [1.165, 1.54) is 32.7 Å². The first-order valence-electron chi connectivity index (χ1n) is 17.8. The number of anilines is 2. The highest BCUT2D eigenvalue weighted by molar-refractivity contribution is 6.11. The standard InChI is InChI=1S/C50H37NO/c1-3-12-34(4-2)38-17-11-18-44(30-38)51(43-26-23-36(24-27-43)41-22-21-35-13-5-6-14-37(35)29-41)48-20-10-9-19-45(48)42-25-28-49-46(32-42)47-31-39-15-7-8-16-40(39)33-50(47)52-49/h3-16,18-33,38H,1-2,17H2/b34-12+. The van der Waals surface area contributed by atoms with Crippen LogP contribution in [0.15, 0.2) is 211 Å². The molecule has 0 spiro atoms. The molecule has 8 aromatic rings. The van der Waals surface area contributed by atoms with Gasteiger partial charge in [-0.1, -0.05) is 141 Å². The Morgan fingerprint density at radius 3 is 2.08 bits per heavy atom. The number of hydrogen-bond acceptors (Lipinski definition) is 2. The van der Waals surface area contributed by atoms with E-state index in [0.29, 0.717) is 0 Å². The fourth-order valence-corrected chi connectivity index (χ4v) is 7.67. The number of benzene rings is 7. The van der Waals surface area contributed by atoms with Crippen molar-refractivity contribution in [1.29, 1.82) is 0 Å². The fraction of sp³-hybridized carbons (Fsp3) is 0.0400. The first-order chi connectivity index (χ1) is 25.7. The van der Waals surface area contributed by atoms with Crippen LogP contribution in [-0.4, -0.2) is 0 Å². The van der Waals surface area contributed by atoms with E-state index in [1.54, 1.807) is 0 Å². The lowest BCUT2D eigenvalue weighted by Crippen LogP contribution is -2.19. The van der Waals surface area contributed by atoms with Gasteiger partial charge in [-0.3, -0.25) is 0 Å². The Kier molecular flexibility index (Phi) is 7.98. The Bertz CT molecular complexity index is 2750. The largest absolute Gasteiger partial charge is 0.456 e. The quantitative estimate of drug-likeness (QED) is 0.150. The zero-order valence-corrected chi connectivity index (χ0v) is 28.9. The molecule has 7 aromatic carbocycles. The highest BCUT2D eigenvalue weighted by Crippen LogP contribution is 2.43. The number of hydrogen-bond donors (Lipinski definition) is 0. The van der Waals surface area contributed by atoms with E-state index in [4.69, 9.17) is 4.42 Å². The van der Waals surface area contributed by atoms with Crippen molar-refractivity contribution in [3.63, 3.8) is 0 Å². The van der Waals surface area contributed by atoms with E-state index < -0.39 is 0 Å². The van der Waals surface area contributed by atoms with Crippen LogP contribution in [0, 0.1) is 5.92 Å². The summed E-state index contributed by atoms with van der Waals surface area (Å²) in [7, 11) is 0. The second-order valence-electron chi connectivity index (χ2n) is 13.4. The van der Waals surface area contributed by atoms with Crippen LogP contribution < -0.4 is 4.90 Å². The molecule has 0 amide bonds. The van der Waals surface area contributed by atoms with Crippen LogP contribution in [0.1, 0.15) is 6.42 Å². The Hall–Kier alpha value is -6.64. The molecule has 2 heteroatoms. The number of nitrogens with zero attached hydrogens (tertiary/aromatic N) is 1. The zero-order chi connectivity index (χ0) is 35.0. The van der Waals surface area contributed by atoms with Gasteiger partial charge < -0.3 is 9.32 Å². The maximum Gasteiger partial charge on any atom is 0.136 e. The van der Waals surface area contributed by atoms with Crippen molar-refractivity contribution >= 4 is 54.9 Å². The summed E-state index contributed by atoms with van der Waals surface area (Å²) in [4.78, 5) is 2.39. The summed E-state index contributed by atoms with van der Waals surface area (Å²) in [5.41, 5.74) is 10.9. The molecule has 1 atom stereocenters. The van der Waals surface area contributed by atoms with Gasteiger partial charge in [0, 0.05) is 33.6 Å². The van der Waals surface area contributed by atoms with Crippen LogP contribution in [-0.2, 0) is 0 Å². The first kappa shape index (κ1) is 31.3. The van der Waals surface area contributed by atoms with Crippen molar-refractivity contribution in [2.24, 2.45) is 5.92 Å². The van der Waals surface area contributed by atoms with Gasteiger partial charge in [0.25, 0.3) is 0 Å². The smallest absolute Gasteiger partial charge is 0.136 e. The molecule has 1 unspecified atom stereocenters. The summed E-state index contributed by atoms with van der Waals surface area (Å²) in [6.07, 6.45) is 13.6. The molecule has 248 valence electrons. The van der Waals surface area contributed by atoms with Crippen molar-refractivity contribution in [2.45, 2.75) is 6.42 Å². The average Bonchev–Trinajstić information content (AvgIpc) is 3.56.